The zero-order valence-corrected chi connectivity index (χ0v) is 11.9. The average molecular weight is 287 g/mol. The van der Waals surface area contributed by atoms with Crippen LogP contribution in [0.1, 0.15) is 21.5 Å². The molecule has 0 amide bonds. The lowest BCUT2D eigenvalue weighted by Crippen LogP contribution is -2.04. The van der Waals surface area contributed by atoms with Gasteiger partial charge in [-0.05, 0) is 41.5 Å². The van der Waals surface area contributed by atoms with E-state index in [1.807, 2.05) is 48.7 Å². The molecule has 0 atom stereocenters. The van der Waals surface area contributed by atoms with Gasteiger partial charge in [0.05, 0.1) is 0 Å². The van der Waals surface area contributed by atoms with Crippen LogP contribution in [0.4, 0.5) is 0 Å². The van der Waals surface area contributed by atoms with Crippen molar-refractivity contribution in [3.8, 4) is 0 Å². The number of fused-ring (bicyclic) bond motifs is 1. The third-order valence-electron chi connectivity index (χ3n) is 3.24. The summed E-state index contributed by atoms with van der Waals surface area (Å²) < 4.78 is 1.03. The van der Waals surface area contributed by atoms with Crippen LogP contribution in [0.5, 0.6) is 0 Å². The van der Waals surface area contributed by atoms with Gasteiger partial charge in [-0.15, -0.1) is 11.3 Å². The molecule has 0 N–H and O–H groups in total. The highest BCUT2D eigenvalue weighted by Gasteiger charge is 2.16. The number of hydrogen-bond donors (Lipinski definition) is 0. The van der Waals surface area contributed by atoms with Crippen LogP contribution in [-0.4, -0.2) is 5.78 Å². The SMILES string of the molecule is Cc1c(Cl)cccc1C(=O)c1cccc2ccsc12. The maximum absolute atomic E-state index is 12.7. The van der Waals surface area contributed by atoms with Crippen molar-refractivity contribution in [3.05, 3.63) is 69.6 Å². The average Bonchev–Trinajstić information content (AvgIpc) is 2.89. The normalized spacial score (nSPS) is 10.8. The Morgan fingerprint density at radius 3 is 2.63 bits per heavy atom. The fraction of sp³-hybridized carbons (Fsp3) is 0.0625. The molecule has 0 radical (unpaired) electrons. The summed E-state index contributed by atoms with van der Waals surface area (Å²) in [5.41, 5.74) is 2.26. The van der Waals surface area contributed by atoms with Crippen LogP contribution in [-0.2, 0) is 0 Å². The van der Waals surface area contributed by atoms with Crippen LogP contribution in [0.2, 0.25) is 5.02 Å². The van der Waals surface area contributed by atoms with Crippen LogP contribution in [0.25, 0.3) is 10.1 Å². The highest BCUT2D eigenvalue weighted by molar-refractivity contribution is 7.17. The van der Waals surface area contributed by atoms with Crippen molar-refractivity contribution in [3.63, 3.8) is 0 Å². The van der Waals surface area contributed by atoms with E-state index in [1.54, 1.807) is 17.4 Å². The monoisotopic (exact) mass is 286 g/mol. The van der Waals surface area contributed by atoms with Crippen LogP contribution >= 0.6 is 22.9 Å². The number of thiophene rings is 1. The van der Waals surface area contributed by atoms with Gasteiger partial charge in [0.15, 0.2) is 5.78 Å². The van der Waals surface area contributed by atoms with E-state index in [9.17, 15) is 4.79 Å². The summed E-state index contributed by atoms with van der Waals surface area (Å²) in [5.74, 6) is 0.0352. The number of hydrogen-bond acceptors (Lipinski definition) is 2. The molecule has 0 spiro atoms. The molecule has 94 valence electrons. The Hall–Kier alpha value is -1.64. The fourth-order valence-corrected chi connectivity index (χ4v) is 3.26. The first-order valence-electron chi connectivity index (χ1n) is 5.94. The lowest BCUT2D eigenvalue weighted by molar-refractivity contribution is 0.104. The molecule has 2 aromatic carbocycles. The molecule has 3 heteroatoms. The summed E-state index contributed by atoms with van der Waals surface area (Å²) in [4.78, 5) is 12.7. The van der Waals surface area contributed by atoms with Crippen molar-refractivity contribution in [2.45, 2.75) is 6.92 Å². The molecule has 0 aliphatic carbocycles. The van der Waals surface area contributed by atoms with E-state index in [4.69, 9.17) is 11.6 Å². The van der Waals surface area contributed by atoms with Gasteiger partial charge in [0.25, 0.3) is 0 Å². The lowest BCUT2D eigenvalue weighted by atomic mass is 9.98. The highest BCUT2D eigenvalue weighted by atomic mass is 35.5. The van der Waals surface area contributed by atoms with Gasteiger partial charge < -0.3 is 0 Å². The molecule has 3 rings (SSSR count). The van der Waals surface area contributed by atoms with E-state index >= 15 is 0 Å². The second-order valence-corrected chi connectivity index (χ2v) is 5.71. The predicted molar refractivity (Wildman–Crippen MR) is 81.4 cm³/mol. The molecule has 0 bridgehead atoms. The molecule has 1 aromatic heterocycles. The number of carbonyl (C=O) groups is 1. The summed E-state index contributed by atoms with van der Waals surface area (Å²) in [7, 11) is 0. The standard InChI is InChI=1S/C16H11ClOS/c1-10-12(5-3-7-14(10)17)15(18)13-6-2-4-11-8-9-19-16(11)13/h2-9H,1H3. The van der Waals surface area contributed by atoms with E-state index in [0.29, 0.717) is 10.6 Å². The maximum atomic E-state index is 12.7. The molecule has 0 aliphatic heterocycles. The zero-order valence-electron chi connectivity index (χ0n) is 10.3. The molecule has 3 aromatic rings. The molecule has 0 saturated heterocycles. The minimum atomic E-state index is 0.0352. The third kappa shape index (κ3) is 2.07. The van der Waals surface area contributed by atoms with E-state index in [1.165, 1.54) is 0 Å². The Labute approximate surface area is 120 Å². The minimum absolute atomic E-state index is 0.0352. The Balaban J connectivity index is 2.19. The molecule has 0 unspecified atom stereocenters. The van der Waals surface area contributed by atoms with Crippen LogP contribution in [0.15, 0.2) is 47.8 Å². The summed E-state index contributed by atoms with van der Waals surface area (Å²) in [6, 6.07) is 13.3. The molecular formula is C16H11ClOS. The quantitative estimate of drug-likeness (QED) is 0.599. The van der Waals surface area contributed by atoms with Gasteiger partial charge in [0.2, 0.25) is 0 Å². The van der Waals surface area contributed by atoms with Crippen molar-refractivity contribution in [2.75, 3.05) is 0 Å². The molecule has 0 aliphatic rings. The molecule has 0 saturated carbocycles. The third-order valence-corrected chi connectivity index (χ3v) is 4.61. The van der Waals surface area contributed by atoms with Crippen LogP contribution < -0.4 is 0 Å². The first kappa shape index (κ1) is 12.4. The minimum Gasteiger partial charge on any atom is -0.289 e. The second kappa shape index (κ2) is 4.80. The number of rotatable bonds is 2. The Morgan fingerprint density at radius 2 is 1.79 bits per heavy atom. The number of carbonyl (C=O) groups excluding carboxylic acids is 1. The van der Waals surface area contributed by atoms with E-state index in [0.717, 1.165) is 21.2 Å². The van der Waals surface area contributed by atoms with E-state index in [-0.39, 0.29) is 5.78 Å². The Morgan fingerprint density at radius 1 is 1.05 bits per heavy atom. The summed E-state index contributed by atoms with van der Waals surface area (Å²) >= 11 is 7.69. The topological polar surface area (TPSA) is 17.1 Å². The highest BCUT2D eigenvalue weighted by Crippen LogP contribution is 2.28. The van der Waals surface area contributed by atoms with Crippen molar-refractivity contribution in [1.82, 2.24) is 0 Å². The molecule has 1 heterocycles. The van der Waals surface area contributed by atoms with Gasteiger partial charge >= 0.3 is 0 Å². The Kier molecular flexibility index (Phi) is 3.13. The first-order chi connectivity index (χ1) is 9.18. The number of halogens is 1. The second-order valence-electron chi connectivity index (χ2n) is 4.39. The Bertz CT molecular complexity index is 773. The fourth-order valence-electron chi connectivity index (χ4n) is 2.17. The van der Waals surface area contributed by atoms with Gasteiger partial charge in [0.1, 0.15) is 0 Å². The largest absolute Gasteiger partial charge is 0.289 e. The molecular weight excluding hydrogens is 276 g/mol. The number of ketones is 1. The zero-order chi connectivity index (χ0) is 13.4. The van der Waals surface area contributed by atoms with Crippen LogP contribution in [0.3, 0.4) is 0 Å². The smallest absolute Gasteiger partial charge is 0.194 e. The van der Waals surface area contributed by atoms with E-state index in [2.05, 4.69) is 0 Å². The number of benzene rings is 2. The van der Waals surface area contributed by atoms with Gasteiger partial charge in [-0.3, -0.25) is 4.79 Å². The van der Waals surface area contributed by atoms with Gasteiger partial charge in [0, 0.05) is 20.8 Å². The molecule has 0 fully saturated rings. The van der Waals surface area contributed by atoms with Crippen LogP contribution in [0, 0.1) is 6.92 Å². The van der Waals surface area contributed by atoms with Crippen molar-refractivity contribution in [1.29, 1.82) is 0 Å². The summed E-state index contributed by atoms with van der Waals surface area (Å²) in [5, 5.41) is 3.74. The van der Waals surface area contributed by atoms with E-state index < -0.39 is 0 Å². The maximum Gasteiger partial charge on any atom is 0.194 e. The predicted octanol–water partition coefficient (Wildman–Crippen LogP) is 5.09. The van der Waals surface area contributed by atoms with Crippen molar-refractivity contribution >= 4 is 38.8 Å². The summed E-state index contributed by atoms with van der Waals surface area (Å²) in [6.45, 7) is 1.88. The summed E-state index contributed by atoms with van der Waals surface area (Å²) in [6.07, 6.45) is 0. The molecule has 1 nitrogen and oxygen atoms in total. The lowest BCUT2D eigenvalue weighted by Gasteiger charge is -2.07. The van der Waals surface area contributed by atoms with Gasteiger partial charge in [-0.25, -0.2) is 0 Å². The molecule has 19 heavy (non-hydrogen) atoms. The van der Waals surface area contributed by atoms with Crippen molar-refractivity contribution < 1.29 is 4.79 Å². The first-order valence-corrected chi connectivity index (χ1v) is 7.20. The van der Waals surface area contributed by atoms with Gasteiger partial charge in [-0.2, -0.15) is 0 Å². The van der Waals surface area contributed by atoms with Gasteiger partial charge in [-0.1, -0.05) is 35.9 Å². The van der Waals surface area contributed by atoms with Crippen molar-refractivity contribution in [2.24, 2.45) is 0 Å².